The van der Waals surface area contributed by atoms with Crippen LogP contribution in [0.5, 0.6) is 0 Å². The van der Waals surface area contributed by atoms with E-state index in [4.69, 9.17) is 35.8 Å². The molecule has 3 aliphatic heterocycles. The summed E-state index contributed by atoms with van der Waals surface area (Å²) in [5, 5.41) is 56.3. The van der Waals surface area contributed by atoms with Crippen molar-refractivity contribution in [2.45, 2.75) is 140 Å². The fourth-order valence-corrected chi connectivity index (χ4v) is 9.82. The second-order valence-electron chi connectivity index (χ2n) is 19.2. The zero-order valence-corrected chi connectivity index (χ0v) is 41.5. The molecule has 26 nitrogen and oxygen atoms in total. The van der Waals surface area contributed by atoms with Crippen LogP contribution in [-0.4, -0.2) is 140 Å². The summed E-state index contributed by atoms with van der Waals surface area (Å²) in [7, 11) is 0. The van der Waals surface area contributed by atoms with Gasteiger partial charge in [0.05, 0.1) is 41.1 Å². The minimum absolute atomic E-state index is 0.0180. The van der Waals surface area contributed by atoms with Gasteiger partial charge in [0.25, 0.3) is 5.56 Å². The number of nitrogens with zero attached hydrogens (tertiary/aromatic N) is 2. The topological polar surface area (TPSA) is 404 Å². The van der Waals surface area contributed by atoms with E-state index < -0.39 is 139 Å². The lowest BCUT2D eigenvalue weighted by Gasteiger charge is -2.31. The number of nitrogens with two attached hydrogens (primary N) is 2. The number of benzene rings is 1. The van der Waals surface area contributed by atoms with E-state index >= 15 is 4.39 Å². The summed E-state index contributed by atoms with van der Waals surface area (Å²) < 4.78 is 32.6. The molecular formula is C48H61FN10O16. The quantitative estimate of drug-likeness (QED) is 0.0234. The molecule has 5 heterocycles. The van der Waals surface area contributed by atoms with Crippen LogP contribution in [0.25, 0.3) is 22.3 Å². The first-order chi connectivity index (χ1) is 35.5. The van der Waals surface area contributed by atoms with Gasteiger partial charge in [0.1, 0.15) is 50.1 Å². The summed E-state index contributed by atoms with van der Waals surface area (Å²) in [6.07, 6.45) is -6.83. The number of esters is 1. The molecule has 3 aromatic rings. The molecule has 9 atom stereocenters. The molecule has 1 aromatic carbocycles. The van der Waals surface area contributed by atoms with Gasteiger partial charge in [-0.3, -0.25) is 28.8 Å². The molecule has 0 bridgehead atoms. The normalized spacial score (nSPS) is 22.4. The molecule has 7 amide bonds. The Labute approximate surface area is 426 Å². The summed E-state index contributed by atoms with van der Waals surface area (Å²) in [4.78, 5) is 121. The monoisotopic (exact) mass is 1050 g/mol. The van der Waals surface area contributed by atoms with Crippen molar-refractivity contribution in [2.24, 2.45) is 17.4 Å². The number of fused-ring (bicyclic) bond motifs is 5. The molecule has 14 N–H and O–H groups in total. The number of aliphatic carboxylic acids is 1. The lowest BCUT2D eigenvalue weighted by molar-refractivity contribution is -0.172. The van der Waals surface area contributed by atoms with Gasteiger partial charge in [-0.2, -0.15) is 0 Å². The predicted octanol–water partition coefficient (Wildman–Crippen LogP) is -2.45. The van der Waals surface area contributed by atoms with Gasteiger partial charge < -0.3 is 82.6 Å². The van der Waals surface area contributed by atoms with Gasteiger partial charge in [-0.1, -0.05) is 20.8 Å². The number of carbonyl (C=O) groups excluding carboxylic acids is 7. The average Bonchev–Trinajstić information content (AvgIpc) is 3.87. The van der Waals surface area contributed by atoms with E-state index in [9.17, 15) is 58.5 Å². The number of urea groups is 1. The number of amides is 7. The number of hydrogen-bond acceptors (Lipinski definition) is 17. The van der Waals surface area contributed by atoms with Crippen LogP contribution in [0, 0.1) is 18.7 Å². The Hall–Kier alpha value is -7.17. The van der Waals surface area contributed by atoms with Gasteiger partial charge in [0.15, 0.2) is 17.9 Å². The lowest BCUT2D eigenvalue weighted by Crippen LogP contribution is -2.57. The SMILES string of the molecule is CC[C@@]1(O)C(=O)OCc2c1cc1n(c2=O)Cc2c-1nc1cc(F)c(C)c3c1c2[C@@H](NC(=O)COCNC(=O)[C@H](CCCNC(N)=O)NC(=O)[C@@H](NC(=O)[C@@H](N)CCC(=O)N[C@@H]1OC(C(=O)O)[C@@H](O)[C@H]1O)C(C)C)CC3. The Bertz CT molecular complexity index is 2880. The molecular weight excluding hydrogens is 992 g/mol. The van der Waals surface area contributed by atoms with Crippen molar-refractivity contribution in [2.75, 3.05) is 19.9 Å². The number of ether oxygens (including phenoxy) is 3. The number of carboxylic acids is 1. The van der Waals surface area contributed by atoms with E-state index in [2.05, 4.69) is 31.9 Å². The number of nitrogens with one attached hydrogen (secondary N) is 6. The van der Waals surface area contributed by atoms with Gasteiger partial charge in [-0.15, -0.1) is 0 Å². The second kappa shape index (κ2) is 22.7. The van der Waals surface area contributed by atoms with E-state index in [0.29, 0.717) is 51.9 Å². The molecule has 406 valence electrons. The molecule has 0 radical (unpaired) electrons. The number of cyclic esters (lactones) is 1. The summed E-state index contributed by atoms with van der Waals surface area (Å²) in [6, 6.07) is -2.55. The number of aryl methyl sites for hydroxylation is 1. The van der Waals surface area contributed by atoms with Crippen LogP contribution in [0.15, 0.2) is 16.9 Å². The molecule has 0 saturated carbocycles. The number of pyridine rings is 2. The maximum Gasteiger partial charge on any atom is 0.343 e. The van der Waals surface area contributed by atoms with Crippen LogP contribution in [0.1, 0.15) is 98.7 Å². The third-order valence-electron chi connectivity index (χ3n) is 14.0. The van der Waals surface area contributed by atoms with Crippen LogP contribution in [0.3, 0.4) is 0 Å². The highest BCUT2D eigenvalue weighted by Crippen LogP contribution is 2.46. The van der Waals surface area contributed by atoms with Crippen molar-refractivity contribution in [3.63, 3.8) is 0 Å². The van der Waals surface area contributed by atoms with Crippen LogP contribution >= 0.6 is 0 Å². The predicted molar refractivity (Wildman–Crippen MR) is 257 cm³/mol. The maximum atomic E-state index is 15.4. The van der Waals surface area contributed by atoms with Gasteiger partial charge >= 0.3 is 18.0 Å². The average molecular weight is 1050 g/mol. The molecule has 27 heteroatoms. The third-order valence-corrected chi connectivity index (χ3v) is 14.0. The fourth-order valence-electron chi connectivity index (χ4n) is 9.82. The molecule has 1 unspecified atom stereocenters. The number of rotatable bonds is 21. The van der Waals surface area contributed by atoms with Crippen LogP contribution in [0.2, 0.25) is 0 Å². The van der Waals surface area contributed by atoms with Crippen molar-refractivity contribution in [3.8, 4) is 11.4 Å². The number of carbonyl (C=O) groups is 8. The number of aliphatic hydroxyl groups excluding tert-OH is 2. The zero-order chi connectivity index (χ0) is 54.8. The van der Waals surface area contributed by atoms with E-state index in [1.807, 2.05) is 0 Å². The third kappa shape index (κ3) is 11.4. The number of hydrogen-bond donors (Lipinski definition) is 12. The molecule has 2 aromatic heterocycles. The summed E-state index contributed by atoms with van der Waals surface area (Å²) in [5.74, 6) is -7.30. The van der Waals surface area contributed by atoms with Crippen molar-refractivity contribution < 1.29 is 77.4 Å². The number of primary amides is 1. The molecule has 0 spiro atoms. The van der Waals surface area contributed by atoms with Crippen LogP contribution in [-0.2, 0) is 72.9 Å². The smallest absolute Gasteiger partial charge is 0.343 e. The molecule has 1 aliphatic carbocycles. The summed E-state index contributed by atoms with van der Waals surface area (Å²) in [5.41, 5.74) is 12.1. The molecule has 1 fully saturated rings. The molecule has 7 rings (SSSR count). The summed E-state index contributed by atoms with van der Waals surface area (Å²) >= 11 is 0. The molecule has 1 saturated heterocycles. The van der Waals surface area contributed by atoms with Crippen molar-refractivity contribution in [1.29, 1.82) is 0 Å². The number of aliphatic hydroxyl groups is 3. The van der Waals surface area contributed by atoms with Crippen LogP contribution in [0.4, 0.5) is 9.18 Å². The second-order valence-corrected chi connectivity index (χ2v) is 19.2. The number of carboxylic acid groups (broad SMARTS) is 1. The first-order valence-electron chi connectivity index (χ1n) is 24.4. The Kier molecular flexibility index (Phi) is 16.9. The number of halogens is 1. The van der Waals surface area contributed by atoms with Gasteiger partial charge in [0.2, 0.25) is 29.5 Å². The first-order valence-corrected chi connectivity index (χ1v) is 24.4. The van der Waals surface area contributed by atoms with Gasteiger partial charge in [-0.05, 0) is 74.1 Å². The Balaban J connectivity index is 0.977. The highest BCUT2D eigenvalue weighted by atomic mass is 19.1. The lowest BCUT2D eigenvalue weighted by atomic mass is 9.81. The van der Waals surface area contributed by atoms with Crippen molar-refractivity contribution >= 4 is 58.4 Å². The summed E-state index contributed by atoms with van der Waals surface area (Å²) in [6.45, 7) is 5.08. The molecule has 4 aliphatic rings. The van der Waals surface area contributed by atoms with E-state index in [1.54, 1.807) is 33.8 Å². The Morgan fingerprint density at radius 3 is 2.37 bits per heavy atom. The van der Waals surface area contributed by atoms with Gasteiger partial charge in [0, 0.05) is 35.5 Å². The highest BCUT2D eigenvalue weighted by Gasteiger charge is 2.48. The van der Waals surface area contributed by atoms with E-state index in [0.717, 1.165) is 0 Å². The van der Waals surface area contributed by atoms with Gasteiger partial charge in [-0.25, -0.2) is 23.8 Å². The standard InChI is InChI=1S/C48H61FN10O16/c1-5-48(72)24-13-30-36-22(15-59(30)44(67)23(24)16-74-46(48)70)34-27(10-8-21-20(4)25(49)14-29(55-36)33(21)34)54-32(61)17-73-18-53-41(65)28(7-6-12-52-47(51)71)56-42(66)35(19(2)3)58-40(64)26(50)9-11-31(60)57-43-38(63)37(62)39(75-43)45(68)69/h13-14,19,26-28,35,37-39,43,62-63,72H,5-12,15-18,50H2,1-4H3,(H,53,65)(H,54,61)(H,56,66)(H,57,60)(H,58,64)(H,68,69)(H3,51,52,71)/t26-,27-,28-,35-,37-,38+,39?,43+,48-/m0/s1. The van der Waals surface area contributed by atoms with Crippen molar-refractivity contribution in [1.82, 2.24) is 41.5 Å². The minimum atomic E-state index is -2.08. The Morgan fingerprint density at radius 1 is 0.973 bits per heavy atom. The number of aromatic nitrogens is 2. The maximum absolute atomic E-state index is 15.4. The van der Waals surface area contributed by atoms with E-state index in [-0.39, 0.29) is 62.0 Å². The highest BCUT2D eigenvalue weighted by molar-refractivity contribution is 5.95. The molecule has 75 heavy (non-hydrogen) atoms. The zero-order valence-electron chi connectivity index (χ0n) is 41.5. The largest absolute Gasteiger partial charge is 0.479 e. The minimum Gasteiger partial charge on any atom is -0.479 e. The van der Waals surface area contributed by atoms with Crippen LogP contribution < -0.4 is 48.9 Å². The van der Waals surface area contributed by atoms with Crippen molar-refractivity contribution in [3.05, 3.63) is 61.7 Å². The first kappa shape index (κ1) is 55.6. The Morgan fingerprint density at radius 2 is 1.71 bits per heavy atom. The fraction of sp³-hybridized carbons (Fsp3) is 0.542. The van der Waals surface area contributed by atoms with E-state index in [1.165, 1.54) is 10.6 Å².